The number of hydrogen-bond acceptors (Lipinski definition) is 5. The van der Waals surface area contributed by atoms with Crippen molar-refractivity contribution in [2.24, 2.45) is 0 Å². The van der Waals surface area contributed by atoms with Gasteiger partial charge < -0.3 is 19.5 Å². The first kappa shape index (κ1) is 22.7. The Morgan fingerprint density at radius 3 is 2.27 bits per heavy atom. The van der Waals surface area contributed by atoms with E-state index in [1.807, 2.05) is 60.7 Å². The number of benzene rings is 3. The molecule has 0 spiro atoms. The lowest BCUT2D eigenvalue weighted by molar-refractivity contribution is 0.299. The van der Waals surface area contributed by atoms with Crippen molar-refractivity contribution in [3.63, 3.8) is 0 Å². The Balaban J connectivity index is 1.54. The highest BCUT2D eigenvalue weighted by Gasteiger charge is 2.18. The van der Waals surface area contributed by atoms with E-state index in [1.54, 1.807) is 14.2 Å². The molecule has 0 radical (unpaired) electrons. The van der Waals surface area contributed by atoms with Crippen LogP contribution in [0.3, 0.4) is 0 Å². The van der Waals surface area contributed by atoms with Crippen LogP contribution in [0.25, 0.3) is 11.1 Å². The van der Waals surface area contributed by atoms with Crippen molar-refractivity contribution in [1.82, 2.24) is 5.32 Å². The first-order valence-electron chi connectivity index (χ1n) is 11.4. The first-order valence-corrected chi connectivity index (χ1v) is 11.4. The van der Waals surface area contributed by atoms with Gasteiger partial charge in [0.05, 0.1) is 25.3 Å². The van der Waals surface area contributed by atoms with E-state index in [0.29, 0.717) is 23.9 Å². The molecule has 3 aromatic carbocycles. The van der Waals surface area contributed by atoms with Crippen molar-refractivity contribution in [3.8, 4) is 34.4 Å². The zero-order chi connectivity index (χ0) is 23.0. The third-order valence-electron chi connectivity index (χ3n) is 6.25. The molecule has 3 aromatic rings. The third kappa shape index (κ3) is 5.30. The van der Waals surface area contributed by atoms with Crippen LogP contribution < -0.4 is 19.5 Å². The van der Waals surface area contributed by atoms with Crippen LogP contribution in [0.5, 0.6) is 17.2 Å². The largest absolute Gasteiger partial charge is 0.496 e. The van der Waals surface area contributed by atoms with Crippen LogP contribution in [0.2, 0.25) is 0 Å². The van der Waals surface area contributed by atoms with E-state index in [9.17, 15) is 5.26 Å². The summed E-state index contributed by atoms with van der Waals surface area (Å²) in [4.78, 5) is 0. The second kappa shape index (κ2) is 10.9. The fourth-order valence-corrected chi connectivity index (χ4v) is 4.47. The number of rotatable bonds is 9. The van der Waals surface area contributed by atoms with Gasteiger partial charge >= 0.3 is 0 Å². The minimum atomic E-state index is 0.273. The fourth-order valence-electron chi connectivity index (χ4n) is 4.47. The maximum Gasteiger partial charge on any atom is 0.130 e. The molecule has 0 aliphatic heterocycles. The van der Waals surface area contributed by atoms with Crippen LogP contribution in [0, 0.1) is 11.3 Å². The van der Waals surface area contributed by atoms with Crippen molar-refractivity contribution in [2.45, 2.75) is 44.9 Å². The summed E-state index contributed by atoms with van der Waals surface area (Å²) < 4.78 is 17.4. The van der Waals surface area contributed by atoms with Gasteiger partial charge in [0.1, 0.15) is 29.9 Å². The van der Waals surface area contributed by atoms with Crippen LogP contribution in [0.15, 0.2) is 60.7 Å². The Hall–Kier alpha value is -3.49. The van der Waals surface area contributed by atoms with Gasteiger partial charge in [-0.25, -0.2) is 0 Å². The van der Waals surface area contributed by atoms with Gasteiger partial charge in [0, 0.05) is 30.3 Å². The zero-order valence-electron chi connectivity index (χ0n) is 19.3. The molecule has 1 aliphatic rings. The maximum atomic E-state index is 9.85. The lowest BCUT2D eigenvalue weighted by Gasteiger charge is -2.18. The van der Waals surface area contributed by atoms with Gasteiger partial charge in [-0.3, -0.25) is 0 Å². The molecule has 170 valence electrons. The number of hydrogen-bond donors (Lipinski definition) is 1. The highest BCUT2D eigenvalue weighted by molar-refractivity contribution is 5.72. The second-order valence-electron chi connectivity index (χ2n) is 8.27. The molecule has 0 unspecified atom stereocenters. The van der Waals surface area contributed by atoms with Crippen molar-refractivity contribution in [1.29, 1.82) is 5.26 Å². The van der Waals surface area contributed by atoms with Crippen LogP contribution >= 0.6 is 0 Å². The Labute approximate surface area is 195 Å². The van der Waals surface area contributed by atoms with E-state index in [-0.39, 0.29) is 6.61 Å². The topological polar surface area (TPSA) is 63.5 Å². The van der Waals surface area contributed by atoms with E-state index >= 15 is 0 Å². The van der Waals surface area contributed by atoms with Gasteiger partial charge in [-0.15, -0.1) is 0 Å². The van der Waals surface area contributed by atoms with Crippen molar-refractivity contribution >= 4 is 0 Å². The minimum absolute atomic E-state index is 0.273. The van der Waals surface area contributed by atoms with Crippen molar-refractivity contribution in [2.75, 3.05) is 14.2 Å². The molecule has 0 saturated heterocycles. The molecule has 1 aliphatic carbocycles. The molecule has 5 nitrogen and oxygen atoms in total. The van der Waals surface area contributed by atoms with Gasteiger partial charge in [0.15, 0.2) is 0 Å². The highest BCUT2D eigenvalue weighted by atomic mass is 16.5. The van der Waals surface area contributed by atoms with Gasteiger partial charge in [-0.1, -0.05) is 61.4 Å². The first-order chi connectivity index (χ1) is 16.2. The predicted molar refractivity (Wildman–Crippen MR) is 130 cm³/mol. The molecule has 1 saturated carbocycles. The Bertz CT molecular complexity index is 1090. The lowest BCUT2D eigenvalue weighted by Crippen LogP contribution is -2.25. The Kier molecular flexibility index (Phi) is 7.49. The molecule has 0 heterocycles. The minimum Gasteiger partial charge on any atom is -0.496 e. The van der Waals surface area contributed by atoms with E-state index < -0.39 is 0 Å². The molecule has 1 fully saturated rings. The highest BCUT2D eigenvalue weighted by Crippen LogP contribution is 2.35. The van der Waals surface area contributed by atoms with Crippen LogP contribution in [0.1, 0.15) is 42.4 Å². The van der Waals surface area contributed by atoms with E-state index in [1.165, 1.54) is 25.7 Å². The molecular formula is C28H30N2O3. The van der Waals surface area contributed by atoms with Gasteiger partial charge in [0.25, 0.3) is 0 Å². The Morgan fingerprint density at radius 2 is 1.64 bits per heavy atom. The zero-order valence-corrected chi connectivity index (χ0v) is 19.3. The number of nitriles is 1. The summed E-state index contributed by atoms with van der Waals surface area (Å²) in [5, 5.41) is 13.5. The molecule has 0 amide bonds. The summed E-state index contributed by atoms with van der Waals surface area (Å²) in [6.07, 6.45) is 5.01. The molecule has 4 rings (SSSR count). The lowest BCUT2D eigenvalue weighted by atomic mass is 9.96. The SMILES string of the molecule is COc1cc(OCc2cccc(-c3ccccc3)c2C#N)cc(OC)c1CNC1CCCC1. The third-order valence-corrected chi connectivity index (χ3v) is 6.25. The standard InChI is InChI=1S/C28H30N2O3/c1-31-27-15-23(16-28(32-2)26(27)18-30-22-12-6-7-13-22)33-19-21-11-8-14-24(25(21)17-29)20-9-4-3-5-10-20/h3-5,8-11,14-16,22,30H,6-7,12-13,18-19H2,1-2H3. The summed E-state index contributed by atoms with van der Waals surface area (Å²) >= 11 is 0. The molecular weight excluding hydrogens is 412 g/mol. The summed E-state index contributed by atoms with van der Waals surface area (Å²) in [6.45, 7) is 0.963. The monoisotopic (exact) mass is 442 g/mol. The summed E-state index contributed by atoms with van der Waals surface area (Å²) in [5.74, 6) is 2.10. The molecule has 1 N–H and O–H groups in total. The average Bonchev–Trinajstić information content (AvgIpc) is 3.39. The number of nitrogens with one attached hydrogen (secondary N) is 1. The average molecular weight is 443 g/mol. The normalized spacial score (nSPS) is 13.5. The van der Waals surface area contributed by atoms with Crippen molar-refractivity contribution in [3.05, 3.63) is 77.4 Å². The summed E-state index contributed by atoms with van der Waals surface area (Å²) in [5.41, 5.74) is 4.37. The van der Waals surface area contributed by atoms with Crippen molar-refractivity contribution < 1.29 is 14.2 Å². The van der Waals surface area contributed by atoms with Gasteiger partial charge in [-0.05, 0) is 24.0 Å². The summed E-state index contributed by atoms with van der Waals surface area (Å²) in [6, 6.07) is 22.5. The molecule has 0 bridgehead atoms. The predicted octanol–water partition coefficient (Wildman–Crippen LogP) is 5.85. The number of nitrogens with zero attached hydrogens (tertiary/aromatic N) is 1. The quantitative estimate of drug-likeness (QED) is 0.450. The number of methoxy groups -OCH3 is 2. The van der Waals surface area contributed by atoms with Crippen LogP contribution in [0.4, 0.5) is 0 Å². The van der Waals surface area contributed by atoms with E-state index in [4.69, 9.17) is 14.2 Å². The molecule has 0 atom stereocenters. The van der Waals surface area contributed by atoms with Crippen LogP contribution in [-0.2, 0) is 13.2 Å². The maximum absolute atomic E-state index is 9.85. The summed E-state index contributed by atoms with van der Waals surface area (Å²) in [7, 11) is 3.32. The smallest absolute Gasteiger partial charge is 0.130 e. The Morgan fingerprint density at radius 1 is 0.939 bits per heavy atom. The molecule has 5 heteroatoms. The fraction of sp³-hybridized carbons (Fsp3) is 0.321. The van der Waals surface area contributed by atoms with E-state index in [0.717, 1.165) is 33.8 Å². The number of ether oxygens (including phenoxy) is 3. The molecule has 0 aromatic heterocycles. The van der Waals surface area contributed by atoms with E-state index in [2.05, 4.69) is 11.4 Å². The van der Waals surface area contributed by atoms with Crippen LogP contribution in [-0.4, -0.2) is 20.3 Å². The molecule has 33 heavy (non-hydrogen) atoms. The second-order valence-corrected chi connectivity index (χ2v) is 8.27. The van der Waals surface area contributed by atoms with Gasteiger partial charge in [-0.2, -0.15) is 5.26 Å². The van der Waals surface area contributed by atoms with Gasteiger partial charge in [0.2, 0.25) is 0 Å².